The second-order valence-electron chi connectivity index (χ2n) is 4.30. The average Bonchev–Trinajstić information content (AvgIpc) is 2.26. The van der Waals surface area contributed by atoms with Crippen molar-refractivity contribution in [1.29, 1.82) is 0 Å². The summed E-state index contributed by atoms with van der Waals surface area (Å²) in [4.78, 5) is 0. The lowest BCUT2D eigenvalue weighted by Gasteiger charge is -2.25. The first-order chi connectivity index (χ1) is 7.84. The van der Waals surface area contributed by atoms with Gasteiger partial charge in [-0.2, -0.15) is 0 Å². The van der Waals surface area contributed by atoms with Crippen LogP contribution in [-0.4, -0.2) is 14.2 Å². The molecular weight excluding hydrogens is 226 g/mol. The van der Waals surface area contributed by atoms with Crippen molar-refractivity contribution in [2.24, 2.45) is 5.92 Å². The average molecular weight is 244 g/mol. The first-order valence-electron chi connectivity index (χ1n) is 5.45. The minimum atomic E-state index is -2.91. The van der Waals surface area contributed by atoms with Crippen molar-refractivity contribution < 1.29 is 18.3 Å². The third-order valence-corrected chi connectivity index (χ3v) is 2.79. The van der Waals surface area contributed by atoms with E-state index in [0.717, 1.165) is 0 Å². The molecule has 0 saturated carbocycles. The van der Waals surface area contributed by atoms with Gasteiger partial charge in [0.15, 0.2) is 0 Å². The molecule has 0 radical (unpaired) electrons. The fourth-order valence-electron chi connectivity index (χ4n) is 1.72. The van der Waals surface area contributed by atoms with Crippen LogP contribution >= 0.6 is 0 Å². The molecule has 1 aromatic carbocycles. The van der Waals surface area contributed by atoms with E-state index in [4.69, 9.17) is 9.47 Å². The largest absolute Gasteiger partial charge is 0.497 e. The van der Waals surface area contributed by atoms with Crippen molar-refractivity contribution in [3.63, 3.8) is 0 Å². The van der Waals surface area contributed by atoms with Gasteiger partial charge in [-0.15, -0.1) is 0 Å². The molecule has 0 atom stereocenters. The highest BCUT2D eigenvalue weighted by atomic mass is 19.3. The minimum absolute atomic E-state index is 0.0594. The highest BCUT2D eigenvalue weighted by Gasteiger charge is 2.40. The molecule has 0 spiro atoms. The van der Waals surface area contributed by atoms with Crippen molar-refractivity contribution in [1.82, 2.24) is 0 Å². The maximum absolute atomic E-state index is 14.1. The van der Waals surface area contributed by atoms with Gasteiger partial charge >= 0.3 is 0 Å². The van der Waals surface area contributed by atoms with Crippen LogP contribution in [0.5, 0.6) is 11.5 Å². The summed E-state index contributed by atoms with van der Waals surface area (Å²) in [6.07, 6.45) is 0. The van der Waals surface area contributed by atoms with E-state index in [0.29, 0.717) is 11.3 Å². The highest BCUT2D eigenvalue weighted by Crippen LogP contribution is 2.44. The maximum Gasteiger partial charge on any atom is 0.279 e. The molecule has 0 aromatic heterocycles. The molecule has 1 rings (SSSR count). The molecule has 0 aliphatic carbocycles. The summed E-state index contributed by atoms with van der Waals surface area (Å²) in [5.74, 6) is -3.02. The van der Waals surface area contributed by atoms with E-state index in [-0.39, 0.29) is 11.3 Å². The smallest absolute Gasteiger partial charge is 0.279 e. The van der Waals surface area contributed by atoms with Crippen LogP contribution in [-0.2, 0) is 5.92 Å². The summed E-state index contributed by atoms with van der Waals surface area (Å²) in [7, 11) is 2.88. The molecule has 0 aliphatic heterocycles. The molecule has 0 N–H and O–H groups in total. The Morgan fingerprint density at radius 2 is 1.71 bits per heavy atom. The summed E-state index contributed by atoms with van der Waals surface area (Å²) in [5.41, 5.74) is 0.413. The van der Waals surface area contributed by atoms with Gasteiger partial charge in [0.1, 0.15) is 11.5 Å². The lowest BCUT2D eigenvalue weighted by molar-refractivity contribution is -0.0536. The molecule has 0 bridgehead atoms. The van der Waals surface area contributed by atoms with Crippen LogP contribution in [0.3, 0.4) is 0 Å². The Morgan fingerprint density at radius 1 is 1.12 bits per heavy atom. The van der Waals surface area contributed by atoms with Crippen LogP contribution in [0.15, 0.2) is 12.1 Å². The van der Waals surface area contributed by atoms with Crippen LogP contribution < -0.4 is 9.47 Å². The number of aryl methyl sites for hydroxylation is 1. The van der Waals surface area contributed by atoms with E-state index in [9.17, 15) is 8.78 Å². The minimum Gasteiger partial charge on any atom is -0.497 e. The Labute approximate surface area is 101 Å². The van der Waals surface area contributed by atoms with Gasteiger partial charge in [-0.3, -0.25) is 0 Å². The van der Waals surface area contributed by atoms with E-state index in [2.05, 4.69) is 0 Å². The predicted octanol–water partition coefficient (Wildman–Crippen LogP) is 3.76. The van der Waals surface area contributed by atoms with Crippen molar-refractivity contribution >= 4 is 0 Å². The van der Waals surface area contributed by atoms with Gasteiger partial charge in [-0.05, 0) is 18.6 Å². The topological polar surface area (TPSA) is 18.5 Å². The molecular formula is C13H18F2O2. The number of hydrogen-bond donors (Lipinski definition) is 0. The Balaban J connectivity index is 3.42. The standard InChI is InChI=1S/C13H18F2O2/c1-8(2)13(14,15)12-9(3)6-10(16-4)7-11(12)17-5/h6-8H,1-5H3. The van der Waals surface area contributed by atoms with Crippen molar-refractivity contribution in [2.75, 3.05) is 14.2 Å². The zero-order valence-electron chi connectivity index (χ0n) is 10.8. The Morgan fingerprint density at radius 3 is 2.12 bits per heavy atom. The first-order valence-corrected chi connectivity index (χ1v) is 5.45. The van der Waals surface area contributed by atoms with E-state index in [1.165, 1.54) is 34.1 Å². The molecule has 0 aliphatic rings. The number of methoxy groups -OCH3 is 2. The summed E-state index contributed by atoms with van der Waals surface area (Å²) in [6, 6.07) is 3.08. The predicted molar refractivity (Wildman–Crippen MR) is 63.0 cm³/mol. The molecule has 2 nitrogen and oxygen atoms in total. The molecule has 4 heteroatoms. The number of rotatable bonds is 4. The summed E-state index contributed by atoms with van der Waals surface area (Å²) < 4.78 is 38.3. The fraction of sp³-hybridized carbons (Fsp3) is 0.538. The van der Waals surface area contributed by atoms with E-state index < -0.39 is 11.8 Å². The van der Waals surface area contributed by atoms with Crippen LogP contribution in [0.1, 0.15) is 25.0 Å². The second-order valence-corrected chi connectivity index (χ2v) is 4.30. The highest BCUT2D eigenvalue weighted by molar-refractivity contribution is 5.48. The zero-order chi connectivity index (χ0) is 13.2. The van der Waals surface area contributed by atoms with Gasteiger partial charge in [0, 0.05) is 12.0 Å². The molecule has 0 saturated heterocycles. The van der Waals surface area contributed by atoms with Crippen molar-refractivity contribution in [3.05, 3.63) is 23.3 Å². The number of hydrogen-bond acceptors (Lipinski definition) is 2. The van der Waals surface area contributed by atoms with Crippen LogP contribution in [0.4, 0.5) is 8.78 Å². The monoisotopic (exact) mass is 244 g/mol. The Kier molecular flexibility index (Phi) is 3.96. The van der Waals surface area contributed by atoms with Gasteiger partial charge in [-0.25, -0.2) is 8.78 Å². The van der Waals surface area contributed by atoms with E-state index in [1.54, 1.807) is 13.0 Å². The van der Waals surface area contributed by atoms with Crippen molar-refractivity contribution in [3.8, 4) is 11.5 Å². The van der Waals surface area contributed by atoms with Gasteiger partial charge in [0.05, 0.1) is 19.8 Å². The maximum atomic E-state index is 14.1. The van der Waals surface area contributed by atoms with Gasteiger partial charge in [0.2, 0.25) is 0 Å². The molecule has 17 heavy (non-hydrogen) atoms. The molecule has 0 unspecified atom stereocenters. The van der Waals surface area contributed by atoms with E-state index in [1.807, 2.05) is 0 Å². The molecule has 0 fully saturated rings. The van der Waals surface area contributed by atoms with Gasteiger partial charge < -0.3 is 9.47 Å². The normalized spacial score (nSPS) is 11.8. The third kappa shape index (κ3) is 2.51. The fourth-order valence-corrected chi connectivity index (χ4v) is 1.72. The summed E-state index contributed by atoms with van der Waals surface area (Å²) in [5, 5.41) is 0. The zero-order valence-corrected chi connectivity index (χ0v) is 10.8. The van der Waals surface area contributed by atoms with Crippen LogP contribution in [0.25, 0.3) is 0 Å². The van der Waals surface area contributed by atoms with Gasteiger partial charge in [0.25, 0.3) is 5.92 Å². The lowest BCUT2D eigenvalue weighted by Crippen LogP contribution is -2.23. The van der Waals surface area contributed by atoms with Gasteiger partial charge in [-0.1, -0.05) is 13.8 Å². The molecule has 0 amide bonds. The van der Waals surface area contributed by atoms with Crippen LogP contribution in [0, 0.1) is 12.8 Å². The third-order valence-electron chi connectivity index (χ3n) is 2.79. The number of alkyl halides is 2. The number of ether oxygens (including phenoxy) is 2. The van der Waals surface area contributed by atoms with Crippen LogP contribution in [0.2, 0.25) is 0 Å². The second kappa shape index (κ2) is 4.90. The first kappa shape index (κ1) is 13.7. The lowest BCUT2D eigenvalue weighted by atomic mass is 9.93. The number of benzene rings is 1. The SMILES string of the molecule is COc1cc(C)c(C(F)(F)C(C)C)c(OC)c1. The summed E-state index contributed by atoms with van der Waals surface area (Å²) >= 11 is 0. The van der Waals surface area contributed by atoms with E-state index >= 15 is 0 Å². The Hall–Kier alpha value is -1.32. The molecule has 96 valence electrons. The summed E-state index contributed by atoms with van der Waals surface area (Å²) in [6.45, 7) is 4.61. The molecule has 0 heterocycles. The number of halogens is 2. The van der Waals surface area contributed by atoms with Crippen molar-refractivity contribution in [2.45, 2.75) is 26.7 Å². The molecule has 1 aromatic rings. The Bertz CT molecular complexity index is 401. The quantitative estimate of drug-likeness (QED) is 0.802.